The normalized spacial score (nSPS) is 13.0. The smallest absolute Gasteiger partial charge is 0.260 e. The molecule has 4 aromatic rings. The highest BCUT2D eigenvalue weighted by Gasteiger charge is 2.30. The van der Waals surface area contributed by atoms with Crippen molar-refractivity contribution < 1.29 is 9.53 Å². The first-order chi connectivity index (χ1) is 15.5. The highest BCUT2D eigenvalue weighted by atomic mass is 16.5. The second-order valence-electron chi connectivity index (χ2n) is 8.13. The Kier molecular flexibility index (Phi) is 4.98. The molecular weight excluding hydrogens is 400 g/mol. The molecule has 1 aliphatic heterocycles. The number of methoxy groups -OCH3 is 1. The fraction of sp³-hybridized carbons (Fsp3) is 0.192. The van der Waals surface area contributed by atoms with Gasteiger partial charge in [0, 0.05) is 24.0 Å². The fourth-order valence-corrected chi connectivity index (χ4v) is 4.09. The number of carbonyl (C=O) groups is 1. The maximum atomic E-state index is 13.3. The van der Waals surface area contributed by atoms with Gasteiger partial charge in [-0.2, -0.15) is 0 Å². The van der Waals surface area contributed by atoms with E-state index in [-0.39, 0.29) is 11.9 Å². The number of fused-ring (bicyclic) bond motifs is 1. The number of ether oxygens (including phenoxy) is 1. The molecular formula is C26H24N4O2. The van der Waals surface area contributed by atoms with Gasteiger partial charge < -0.3 is 9.30 Å². The Bertz CT molecular complexity index is 1310. The van der Waals surface area contributed by atoms with Crippen LogP contribution in [0.1, 0.15) is 35.8 Å². The molecule has 0 atom stereocenters. The van der Waals surface area contributed by atoms with Crippen molar-refractivity contribution in [2.75, 3.05) is 12.0 Å². The fourth-order valence-electron chi connectivity index (χ4n) is 4.09. The summed E-state index contributed by atoms with van der Waals surface area (Å²) in [6, 6.07) is 19.9. The van der Waals surface area contributed by atoms with E-state index in [1.54, 1.807) is 18.2 Å². The van der Waals surface area contributed by atoms with E-state index in [9.17, 15) is 4.79 Å². The van der Waals surface area contributed by atoms with Crippen LogP contribution in [0.2, 0.25) is 0 Å². The van der Waals surface area contributed by atoms with Crippen LogP contribution in [0.4, 0.5) is 5.82 Å². The van der Waals surface area contributed by atoms with E-state index in [1.807, 2.05) is 66.9 Å². The van der Waals surface area contributed by atoms with E-state index in [0.717, 1.165) is 34.0 Å². The minimum absolute atomic E-state index is 0.0402. The first kappa shape index (κ1) is 20.0. The van der Waals surface area contributed by atoms with Gasteiger partial charge in [0.05, 0.1) is 13.7 Å². The second kappa shape index (κ2) is 7.96. The number of benzene rings is 2. The average molecular weight is 425 g/mol. The monoisotopic (exact) mass is 424 g/mol. The lowest BCUT2D eigenvalue weighted by atomic mass is 10.0. The number of amides is 1. The van der Waals surface area contributed by atoms with Gasteiger partial charge in [-0.15, -0.1) is 0 Å². The molecule has 0 radical (unpaired) electrons. The Labute approximate surface area is 187 Å². The summed E-state index contributed by atoms with van der Waals surface area (Å²) in [7, 11) is 1.65. The van der Waals surface area contributed by atoms with Crippen molar-refractivity contribution in [3.63, 3.8) is 0 Å². The Morgan fingerprint density at radius 2 is 1.81 bits per heavy atom. The Morgan fingerprint density at radius 3 is 2.62 bits per heavy atom. The number of anilines is 1. The van der Waals surface area contributed by atoms with E-state index in [1.165, 1.54) is 0 Å². The molecule has 3 heterocycles. The molecule has 0 saturated heterocycles. The van der Waals surface area contributed by atoms with Crippen molar-refractivity contribution in [2.45, 2.75) is 26.4 Å². The number of nitrogens with zero attached hydrogens (tertiary/aromatic N) is 4. The molecule has 0 fully saturated rings. The lowest BCUT2D eigenvalue weighted by molar-refractivity contribution is 0.0996. The molecule has 6 nitrogen and oxygen atoms in total. The van der Waals surface area contributed by atoms with Gasteiger partial charge in [-0.05, 0) is 60.9 Å². The Hall–Kier alpha value is -3.93. The summed E-state index contributed by atoms with van der Waals surface area (Å²) in [6.45, 7) is 4.72. The SMILES string of the molecule is COc1cccc(-c2ccc3c(c2)C(=O)N(c2cccc(-c4nccn4C(C)C)n2)C3)c1. The van der Waals surface area contributed by atoms with Crippen LogP contribution >= 0.6 is 0 Å². The maximum absolute atomic E-state index is 13.3. The van der Waals surface area contributed by atoms with Crippen molar-refractivity contribution in [1.29, 1.82) is 0 Å². The van der Waals surface area contributed by atoms with Gasteiger partial charge in [0.2, 0.25) is 0 Å². The molecule has 1 amide bonds. The van der Waals surface area contributed by atoms with Gasteiger partial charge in [0.1, 0.15) is 17.3 Å². The van der Waals surface area contributed by atoms with Crippen LogP contribution in [0.25, 0.3) is 22.6 Å². The third-order valence-electron chi connectivity index (χ3n) is 5.78. The molecule has 0 aliphatic carbocycles. The molecule has 0 N–H and O–H groups in total. The van der Waals surface area contributed by atoms with Gasteiger partial charge >= 0.3 is 0 Å². The van der Waals surface area contributed by atoms with E-state index in [4.69, 9.17) is 9.72 Å². The van der Waals surface area contributed by atoms with Crippen LogP contribution in [-0.2, 0) is 6.54 Å². The van der Waals surface area contributed by atoms with Crippen molar-refractivity contribution in [1.82, 2.24) is 14.5 Å². The van der Waals surface area contributed by atoms with Crippen LogP contribution in [0.3, 0.4) is 0 Å². The summed E-state index contributed by atoms with van der Waals surface area (Å²) in [5.74, 6) is 2.18. The summed E-state index contributed by atoms with van der Waals surface area (Å²) in [5, 5.41) is 0. The van der Waals surface area contributed by atoms with Crippen LogP contribution in [-0.4, -0.2) is 27.6 Å². The lowest BCUT2D eigenvalue weighted by Gasteiger charge is -2.16. The molecule has 2 aromatic heterocycles. The Balaban J connectivity index is 1.47. The van der Waals surface area contributed by atoms with Crippen LogP contribution in [0, 0.1) is 0 Å². The van der Waals surface area contributed by atoms with E-state index in [0.29, 0.717) is 17.9 Å². The minimum Gasteiger partial charge on any atom is -0.497 e. The summed E-state index contributed by atoms with van der Waals surface area (Å²) >= 11 is 0. The highest BCUT2D eigenvalue weighted by molar-refractivity contribution is 6.10. The highest BCUT2D eigenvalue weighted by Crippen LogP contribution is 2.33. The number of rotatable bonds is 5. The molecule has 0 spiro atoms. The number of imidazole rings is 1. The number of hydrogen-bond donors (Lipinski definition) is 0. The topological polar surface area (TPSA) is 60.2 Å². The zero-order valence-electron chi connectivity index (χ0n) is 18.3. The van der Waals surface area contributed by atoms with Crippen molar-refractivity contribution >= 4 is 11.7 Å². The molecule has 160 valence electrons. The Morgan fingerprint density at radius 1 is 1.00 bits per heavy atom. The number of carbonyl (C=O) groups excluding carboxylic acids is 1. The first-order valence-corrected chi connectivity index (χ1v) is 10.6. The van der Waals surface area contributed by atoms with Crippen molar-refractivity contribution in [2.24, 2.45) is 0 Å². The predicted molar refractivity (Wildman–Crippen MR) is 125 cm³/mol. The van der Waals surface area contributed by atoms with E-state index < -0.39 is 0 Å². The molecule has 0 bridgehead atoms. The first-order valence-electron chi connectivity index (χ1n) is 10.6. The molecule has 6 heteroatoms. The predicted octanol–water partition coefficient (Wildman–Crippen LogP) is 5.36. The lowest BCUT2D eigenvalue weighted by Crippen LogP contribution is -2.24. The summed E-state index contributed by atoms with van der Waals surface area (Å²) < 4.78 is 7.42. The minimum atomic E-state index is -0.0402. The van der Waals surface area contributed by atoms with Gasteiger partial charge in [0.25, 0.3) is 5.91 Å². The summed E-state index contributed by atoms with van der Waals surface area (Å²) in [4.78, 5) is 24.3. The molecule has 5 rings (SSSR count). The number of aromatic nitrogens is 3. The van der Waals surface area contributed by atoms with Crippen molar-refractivity contribution in [3.8, 4) is 28.4 Å². The quantitative estimate of drug-likeness (QED) is 0.433. The standard InChI is InChI=1S/C26H24N4O2/c1-17(2)29-13-12-27-25(29)23-8-5-9-24(28-23)30-16-20-11-10-19(15-22(20)26(30)31)18-6-4-7-21(14-18)32-3/h4-15,17H,16H2,1-3H3. The molecule has 2 aromatic carbocycles. The largest absolute Gasteiger partial charge is 0.497 e. The van der Waals surface area contributed by atoms with E-state index >= 15 is 0 Å². The average Bonchev–Trinajstić information content (AvgIpc) is 3.44. The zero-order chi connectivity index (χ0) is 22.2. The van der Waals surface area contributed by atoms with Gasteiger partial charge in [-0.1, -0.05) is 30.3 Å². The molecule has 0 saturated carbocycles. The van der Waals surface area contributed by atoms with Crippen LogP contribution < -0.4 is 9.64 Å². The number of pyridine rings is 1. The number of hydrogen-bond acceptors (Lipinski definition) is 4. The third kappa shape index (κ3) is 3.43. The van der Waals surface area contributed by atoms with Crippen LogP contribution in [0.5, 0.6) is 5.75 Å². The van der Waals surface area contributed by atoms with Gasteiger partial charge in [-0.25, -0.2) is 9.97 Å². The van der Waals surface area contributed by atoms with Crippen LogP contribution in [0.15, 0.2) is 73.1 Å². The van der Waals surface area contributed by atoms with E-state index in [2.05, 4.69) is 23.4 Å². The van der Waals surface area contributed by atoms with Gasteiger partial charge in [0.15, 0.2) is 5.82 Å². The zero-order valence-corrected chi connectivity index (χ0v) is 18.3. The third-order valence-corrected chi connectivity index (χ3v) is 5.78. The summed E-state index contributed by atoms with van der Waals surface area (Å²) in [5.41, 5.74) is 4.46. The second-order valence-corrected chi connectivity index (χ2v) is 8.13. The summed E-state index contributed by atoms with van der Waals surface area (Å²) in [6.07, 6.45) is 3.73. The molecule has 1 aliphatic rings. The molecule has 0 unspecified atom stereocenters. The molecule has 32 heavy (non-hydrogen) atoms. The van der Waals surface area contributed by atoms with Crippen molar-refractivity contribution in [3.05, 3.63) is 84.2 Å². The maximum Gasteiger partial charge on any atom is 0.260 e. The van der Waals surface area contributed by atoms with Gasteiger partial charge in [-0.3, -0.25) is 9.69 Å².